The molecular formula is C17H19ClO3. The van der Waals surface area contributed by atoms with Gasteiger partial charge in [-0.15, -0.1) is 0 Å². The van der Waals surface area contributed by atoms with Crippen molar-refractivity contribution in [3.05, 3.63) is 57.6 Å². The van der Waals surface area contributed by atoms with Crippen molar-refractivity contribution < 1.29 is 14.6 Å². The molecule has 0 saturated heterocycles. The molecule has 1 unspecified atom stereocenters. The minimum atomic E-state index is -0.914. The first-order chi connectivity index (χ1) is 10.0. The zero-order chi connectivity index (χ0) is 15.6. The molecule has 0 bridgehead atoms. The van der Waals surface area contributed by atoms with Gasteiger partial charge in [0.05, 0.1) is 19.2 Å². The summed E-state index contributed by atoms with van der Waals surface area (Å²) in [7, 11) is 3.15. The minimum Gasteiger partial charge on any atom is -0.496 e. The van der Waals surface area contributed by atoms with Crippen LogP contribution in [0.3, 0.4) is 0 Å². The number of halogens is 1. The van der Waals surface area contributed by atoms with E-state index in [1.165, 1.54) is 0 Å². The van der Waals surface area contributed by atoms with Gasteiger partial charge >= 0.3 is 0 Å². The van der Waals surface area contributed by atoms with E-state index in [1.807, 2.05) is 26.0 Å². The smallest absolute Gasteiger partial charge is 0.128 e. The van der Waals surface area contributed by atoms with Crippen LogP contribution in [0.5, 0.6) is 11.5 Å². The quantitative estimate of drug-likeness (QED) is 0.926. The van der Waals surface area contributed by atoms with Crippen molar-refractivity contribution in [3.8, 4) is 11.5 Å². The largest absolute Gasteiger partial charge is 0.496 e. The number of aliphatic hydroxyl groups excluding tert-OH is 1. The lowest BCUT2D eigenvalue weighted by atomic mass is 9.95. The van der Waals surface area contributed by atoms with Crippen molar-refractivity contribution in [3.63, 3.8) is 0 Å². The highest BCUT2D eigenvalue weighted by atomic mass is 35.5. The Labute approximate surface area is 130 Å². The Morgan fingerprint density at radius 3 is 2.38 bits per heavy atom. The Morgan fingerprint density at radius 2 is 1.76 bits per heavy atom. The van der Waals surface area contributed by atoms with Gasteiger partial charge in [-0.3, -0.25) is 0 Å². The highest BCUT2D eigenvalue weighted by molar-refractivity contribution is 6.31. The third-order valence-electron chi connectivity index (χ3n) is 3.71. The summed E-state index contributed by atoms with van der Waals surface area (Å²) in [5.74, 6) is 1.22. The fourth-order valence-electron chi connectivity index (χ4n) is 2.41. The highest BCUT2D eigenvalue weighted by Gasteiger charge is 2.23. The first kappa shape index (κ1) is 15.7. The maximum absolute atomic E-state index is 10.8. The molecule has 4 heteroatoms. The molecule has 0 amide bonds. The van der Waals surface area contributed by atoms with Crippen LogP contribution < -0.4 is 9.47 Å². The predicted octanol–water partition coefficient (Wildman–Crippen LogP) is 4.06. The lowest BCUT2D eigenvalue weighted by molar-refractivity contribution is 0.209. The second-order valence-corrected chi connectivity index (χ2v) is 5.30. The summed E-state index contributed by atoms with van der Waals surface area (Å²) >= 11 is 6.24. The molecule has 2 rings (SSSR count). The third kappa shape index (κ3) is 2.85. The van der Waals surface area contributed by atoms with Crippen LogP contribution in [0.15, 0.2) is 30.3 Å². The van der Waals surface area contributed by atoms with Crippen molar-refractivity contribution in [2.24, 2.45) is 0 Å². The monoisotopic (exact) mass is 306 g/mol. The van der Waals surface area contributed by atoms with E-state index in [9.17, 15) is 5.11 Å². The van der Waals surface area contributed by atoms with Gasteiger partial charge in [0.2, 0.25) is 0 Å². The van der Waals surface area contributed by atoms with Gasteiger partial charge in [-0.1, -0.05) is 29.8 Å². The predicted molar refractivity (Wildman–Crippen MR) is 84.5 cm³/mol. The Bertz CT molecular complexity index is 653. The van der Waals surface area contributed by atoms with E-state index in [2.05, 4.69) is 0 Å². The van der Waals surface area contributed by atoms with Gasteiger partial charge < -0.3 is 14.6 Å². The van der Waals surface area contributed by atoms with E-state index in [-0.39, 0.29) is 0 Å². The molecule has 3 nitrogen and oxygen atoms in total. The summed E-state index contributed by atoms with van der Waals surface area (Å²) in [6.45, 7) is 3.97. The Hall–Kier alpha value is -1.71. The normalized spacial score (nSPS) is 12.1. The molecule has 0 aliphatic rings. The average molecular weight is 307 g/mol. The van der Waals surface area contributed by atoms with Crippen LogP contribution in [-0.2, 0) is 0 Å². The van der Waals surface area contributed by atoms with Gasteiger partial charge in [0.15, 0.2) is 0 Å². The molecule has 0 aliphatic heterocycles. The molecule has 0 heterocycles. The lowest BCUT2D eigenvalue weighted by Gasteiger charge is -2.20. The second-order valence-electron chi connectivity index (χ2n) is 4.89. The van der Waals surface area contributed by atoms with Crippen LogP contribution in [0, 0.1) is 13.8 Å². The molecular weight excluding hydrogens is 288 g/mol. The van der Waals surface area contributed by atoms with E-state index >= 15 is 0 Å². The summed E-state index contributed by atoms with van der Waals surface area (Å²) in [4.78, 5) is 0. The molecule has 0 fully saturated rings. The summed E-state index contributed by atoms with van der Waals surface area (Å²) in [6, 6.07) is 9.11. The van der Waals surface area contributed by atoms with Crippen LogP contribution in [0.2, 0.25) is 5.02 Å². The van der Waals surface area contributed by atoms with Crippen molar-refractivity contribution in [1.82, 2.24) is 0 Å². The van der Waals surface area contributed by atoms with E-state index in [4.69, 9.17) is 21.1 Å². The van der Waals surface area contributed by atoms with Crippen LogP contribution in [0.4, 0.5) is 0 Å². The first-order valence-electron chi connectivity index (χ1n) is 6.65. The fraction of sp³-hybridized carbons (Fsp3) is 0.294. The average Bonchev–Trinajstić information content (AvgIpc) is 2.48. The molecule has 0 aliphatic carbocycles. The van der Waals surface area contributed by atoms with Crippen LogP contribution in [0.1, 0.15) is 28.4 Å². The number of hydrogen-bond acceptors (Lipinski definition) is 3. The van der Waals surface area contributed by atoms with Gasteiger partial charge in [0, 0.05) is 11.1 Å². The minimum absolute atomic E-state index is 0.460. The maximum atomic E-state index is 10.8. The number of aliphatic hydroxyl groups is 1. The molecule has 21 heavy (non-hydrogen) atoms. The first-order valence-corrected chi connectivity index (χ1v) is 7.03. The maximum Gasteiger partial charge on any atom is 0.128 e. The molecule has 1 atom stereocenters. The summed E-state index contributed by atoms with van der Waals surface area (Å²) in [5.41, 5.74) is 3.32. The number of aryl methyl sites for hydroxylation is 1. The van der Waals surface area contributed by atoms with Crippen molar-refractivity contribution in [2.45, 2.75) is 20.0 Å². The standard InChI is InChI=1S/C17H19ClO3/c1-10-8-9-12(17(21-4)11(10)2)16(19)15-13(18)6-5-7-14(15)20-3/h5-9,16,19H,1-4H3. The van der Waals surface area contributed by atoms with Crippen molar-refractivity contribution in [1.29, 1.82) is 0 Å². The van der Waals surface area contributed by atoms with Crippen LogP contribution in [-0.4, -0.2) is 19.3 Å². The molecule has 2 aromatic carbocycles. The zero-order valence-corrected chi connectivity index (χ0v) is 13.4. The fourth-order valence-corrected chi connectivity index (χ4v) is 2.68. The number of benzene rings is 2. The van der Waals surface area contributed by atoms with E-state index in [1.54, 1.807) is 32.4 Å². The number of hydrogen-bond donors (Lipinski definition) is 1. The topological polar surface area (TPSA) is 38.7 Å². The Balaban J connectivity index is 2.61. The van der Waals surface area contributed by atoms with Crippen LogP contribution in [0.25, 0.3) is 0 Å². The molecule has 112 valence electrons. The summed E-state index contributed by atoms with van der Waals surface area (Å²) in [5, 5.41) is 11.2. The SMILES string of the molecule is COc1cccc(Cl)c1C(O)c1ccc(C)c(C)c1OC. The highest BCUT2D eigenvalue weighted by Crippen LogP contribution is 2.40. The molecule has 0 radical (unpaired) electrons. The van der Waals surface area contributed by atoms with Crippen molar-refractivity contribution >= 4 is 11.6 Å². The Kier molecular flexibility index (Phi) is 4.76. The van der Waals surface area contributed by atoms with Gasteiger partial charge in [0.25, 0.3) is 0 Å². The zero-order valence-electron chi connectivity index (χ0n) is 12.6. The number of ether oxygens (including phenoxy) is 2. The summed E-state index contributed by atoms with van der Waals surface area (Å²) < 4.78 is 10.8. The molecule has 1 N–H and O–H groups in total. The molecule has 0 saturated carbocycles. The number of rotatable bonds is 4. The third-order valence-corrected chi connectivity index (χ3v) is 4.04. The van der Waals surface area contributed by atoms with E-state index in [0.717, 1.165) is 11.1 Å². The molecule has 0 aromatic heterocycles. The van der Waals surface area contributed by atoms with Crippen LogP contribution >= 0.6 is 11.6 Å². The van der Waals surface area contributed by atoms with E-state index in [0.29, 0.717) is 27.6 Å². The molecule has 2 aromatic rings. The second kappa shape index (κ2) is 6.37. The van der Waals surface area contributed by atoms with Gasteiger partial charge in [-0.05, 0) is 37.1 Å². The van der Waals surface area contributed by atoms with Gasteiger partial charge in [-0.2, -0.15) is 0 Å². The van der Waals surface area contributed by atoms with Gasteiger partial charge in [-0.25, -0.2) is 0 Å². The Morgan fingerprint density at radius 1 is 1.05 bits per heavy atom. The molecule has 0 spiro atoms. The lowest BCUT2D eigenvalue weighted by Crippen LogP contribution is -2.07. The number of methoxy groups -OCH3 is 2. The van der Waals surface area contributed by atoms with Gasteiger partial charge in [0.1, 0.15) is 17.6 Å². The summed E-state index contributed by atoms with van der Waals surface area (Å²) in [6.07, 6.45) is -0.914. The van der Waals surface area contributed by atoms with Crippen molar-refractivity contribution in [2.75, 3.05) is 14.2 Å². The van der Waals surface area contributed by atoms with E-state index < -0.39 is 6.10 Å².